The second kappa shape index (κ2) is 5.76. The molecule has 9 heavy (non-hydrogen) atoms. The molecule has 0 aliphatic carbocycles. The highest BCUT2D eigenvalue weighted by Crippen LogP contribution is 1.82. The van der Waals surface area contributed by atoms with Crippen LogP contribution in [0.15, 0.2) is 0 Å². The first-order valence-corrected chi connectivity index (χ1v) is 3.44. The Morgan fingerprint density at radius 1 is 1.56 bits per heavy atom. The molecule has 0 saturated carbocycles. The second-order valence-corrected chi connectivity index (χ2v) is 2.42. The van der Waals surface area contributed by atoms with E-state index in [1.165, 1.54) is 0 Å². The zero-order valence-corrected chi connectivity index (χ0v) is 6.18. The van der Waals surface area contributed by atoms with Gasteiger partial charge in [0.05, 0.1) is 0 Å². The van der Waals surface area contributed by atoms with E-state index in [1.807, 2.05) is 0 Å². The number of unbranched alkanes of at least 4 members (excludes halogenated alkanes) is 1. The fourth-order valence-electron chi connectivity index (χ4n) is 0.576. The number of hydrogen-bond donors (Lipinski definition) is 1. The predicted molar refractivity (Wildman–Crippen MR) is 38.4 cm³/mol. The monoisotopic (exact) mass is 129 g/mol. The van der Waals surface area contributed by atoms with E-state index in [0.717, 1.165) is 19.3 Å². The molecule has 0 bridgehead atoms. The summed E-state index contributed by atoms with van der Waals surface area (Å²) in [5, 5.41) is 3.22. The lowest BCUT2D eigenvalue weighted by Crippen LogP contribution is -2.23. The molecule has 0 aliphatic heterocycles. The number of rotatable bonds is 5. The molecule has 0 saturated heterocycles. The van der Waals surface area contributed by atoms with Crippen LogP contribution >= 0.6 is 0 Å². The van der Waals surface area contributed by atoms with Crippen molar-refractivity contribution in [2.75, 3.05) is 6.54 Å². The minimum absolute atomic E-state index is 0.539. The van der Waals surface area contributed by atoms with Gasteiger partial charge >= 0.3 is 0 Å². The maximum absolute atomic E-state index is 9.82. The third-order valence-corrected chi connectivity index (χ3v) is 1.05. The van der Waals surface area contributed by atoms with Crippen LogP contribution in [0, 0.1) is 0 Å². The van der Waals surface area contributed by atoms with Gasteiger partial charge in [0.25, 0.3) is 0 Å². The molecule has 0 unspecified atom stereocenters. The maximum atomic E-state index is 9.82. The lowest BCUT2D eigenvalue weighted by atomic mass is 10.3. The van der Waals surface area contributed by atoms with Crippen molar-refractivity contribution in [3.63, 3.8) is 0 Å². The number of carbonyl (C=O) groups excluding carboxylic acids is 1. The summed E-state index contributed by atoms with van der Waals surface area (Å²) in [4.78, 5) is 9.82. The molecule has 0 radical (unpaired) electrons. The first kappa shape index (κ1) is 8.63. The molecule has 0 aromatic carbocycles. The van der Waals surface area contributed by atoms with E-state index in [4.69, 9.17) is 0 Å². The van der Waals surface area contributed by atoms with Crippen LogP contribution in [0.2, 0.25) is 0 Å². The van der Waals surface area contributed by atoms with Crippen LogP contribution in [0.1, 0.15) is 26.7 Å². The van der Waals surface area contributed by atoms with Crippen LogP contribution < -0.4 is 5.32 Å². The average molecular weight is 129 g/mol. The molecule has 0 aromatic rings. The average Bonchev–Trinajstić information content (AvgIpc) is 1.80. The van der Waals surface area contributed by atoms with Gasteiger partial charge in [0.1, 0.15) is 6.29 Å². The van der Waals surface area contributed by atoms with Gasteiger partial charge in [-0.3, -0.25) is 0 Å². The summed E-state index contributed by atoms with van der Waals surface area (Å²) in [6, 6.07) is 0.539. The van der Waals surface area contributed by atoms with Crippen molar-refractivity contribution in [3.05, 3.63) is 0 Å². The largest absolute Gasteiger partial charge is 0.315 e. The summed E-state index contributed by atoms with van der Waals surface area (Å²) in [6.45, 7) is 5.15. The van der Waals surface area contributed by atoms with Crippen molar-refractivity contribution in [2.45, 2.75) is 32.7 Å². The van der Waals surface area contributed by atoms with Gasteiger partial charge in [-0.15, -0.1) is 0 Å². The van der Waals surface area contributed by atoms with E-state index in [-0.39, 0.29) is 0 Å². The second-order valence-electron chi connectivity index (χ2n) is 2.42. The molecule has 1 N–H and O–H groups in total. The molecule has 0 heterocycles. The van der Waals surface area contributed by atoms with Crippen molar-refractivity contribution in [1.82, 2.24) is 5.32 Å². The molecular weight excluding hydrogens is 114 g/mol. The summed E-state index contributed by atoms with van der Waals surface area (Å²) in [6.07, 6.45) is 2.60. The molecular formula is C7H15NO. The minimum atomic E-state index is 0.539. The maximum Gasteiger partial charge on any atom is 0.120 e. The van der Waals surface area contributed by atoms with Crippen LogP contribution in [0.4, 0.5) is 0 Å². The van der Waals surface area contributed by atoms with Gasteiger partial charge < -0.3 is 10.1 Å². The Morgan fingerprint density at radius 2 is 2.22 bits per heavy atom. The zero-order valence-electron chi connectivity index (χ0n) is 6.18. The lowest BCUT2D eigenvalue weighted by Gasteiger charge is -2.04. The van der Waals surface area contributed by atoms with Crippen molar-refractivity contribution < 1.29 is 4.79 Å². The molecule has 0 atom stereocenters. The van der Waals surface area contributed by atoms with Crippen LogP contribution in [-0.2, 0) is 4.79 Å². The van der Waals surface area contributed by atoms with E-state index < -0.39 is 0 Å². The Balaban J connectivity index is 2.82. The van der Waals surface area contributed by atoms with Crippen molar-refractivity contribution >= 4 is 6.29 Å². The molecule has 0 spiro atoms. The lowest BCUT2D eigenvalue weighted by molar-refractivity contribution is -0.107. The molecule has 2 heteroatoms. The van der Waals surface area contributed by atoms with Gasteiger partial charge in [0.2, 0.25) is 0 Å². The summed E-state index contributed by atoms with van der Waals surface area (Å²) in [5.74, 6) is 0. The van der Waals surface area contributed by atoms with Gasteiger partial charge in [-0.1, -0.05) is 13.8 Å². The van der Waals surface area contributed by atoms with Crippen LogP contribution in [-0.4, -0.2) is 18.9 Å². The van der Waals surface area contributed by atoms with Gasteiger partial charge in [0, 0.05) is 12.5 Å². The molecule has 54 valence electrons. The molecule has 2 nitrogen and oxygen atoms in total. The van der Waals surface area contributed by atoms with Crippen LogP contribution in [0.3, 0.4) is 0 Å². The van der Waals surface area contributed by atoms with Gasteiger partial charge in [0.15, 0.2) is 0 Å². The summed E-state index contributed by atoms with van der Waals surface area (Å²) >= 11 is 0. The first-order chi connectivity index (χ1) is 4.27. The van der Waals surface area contributed by atoms with Crippen LogP contribution in [0.5, 0.6) is 0 Å². The highest BCUT2D eigenvalue weighted by atomic mass is 16.1. The topological polar surface area (TPSA) is 29.1 Å². The van der Waals surface area contributed by atoms with E-state index in [9.17, 15) is 4.79 Å². The number of aldehydes is 1. The van der Waals surface area contributed by atoms with E-state index in [2.05, 4.69) is 19.2 Å². The smallest absolute Gasteiger partial charge is 0.120 e. The highest BCUT2D eigenvalue weighted by molar-refractivity contribution is 5.48. The first-order valence-electron chi connectivity index (χ1n) is 3.44. The Bertz CT molecular complexity index is 71.3. The molecule has 0 rings (SSSR count). The Morgan fingerprint density at radius 3 is 2.67 bits per heavy atom. The van der Waals surface area contributed by atoms with Crippen molar-refractivity contribution in [3.8, 4) is 0 Å². The van der Waals surface area contributed by atoms with Gasteiger partial charge in [-0.2, -0.15) is 0 Å². The fourth-order valence-corrected chi connectivity index (χ4v) is 0.576. The minimum Gasteiger partial charge on any atom is -0.315 e. The Labute approximate surface area is 56.6 Å². The van der Waals surface area contributed by atoms with Crippen molar-refractivity contribution in [2.24, 2.45) is 0 Å². The normalized spacial score (nSPS) is 10.1. The predicted octanol–water partition coefficient (Wildman–Crippen LogP) is 0.963. The molecule has 0 aromatic heterocycles. The highest BCUT2D eigenvalue weighted by Gasteiger charge is 1.89. The summed E-state index contributed by atoms with van der Waals surface area (Å²) < 4.78 is 0. The molecule has 0 fully saturated rings. The third kappa shape index (κ3) is 7.63. The SMILES string of the molecule is CC(C)NCCCC=O. The van der Waals surface area contributed by atoms with E-state index >= 15 is 0 Å². The van der Waals surface area contributed by atoms with E-state index in [1.54, 1.807) is 0 Å². The Hall–Kier alpha value is -0.370. The third-order valence-electron chi connectivity index (χ3n) is 1.05. The number of carbonyl (C=O) groups is 1. The zero-order chi connectivity index (χ0) is 7.11. The quantitative estimate of drug-likeness (QED) is 0.442. The van der Waals surface area contributed by atoms with Gasteiger partial charge in [-0.05, 0) is 13.0 Å². The number of nitrogens with one attached hydrogen (secondary N) is 1. The number of hydrogen-bond acceptors (Lipinski definition) is 2. The standard InChI is InChI=1S/C7H15NO/c1-7(2)8-5-3-4-6-9/h6-8H,3-5H2,1-2H3. The van der Waals surface area contributed by atoms with E-state index in [0.29, 0.717) is 12.5 Å². The molecule has 0 aliphatic rings. The van der Waals surface area contributed by atoms with Crippen molar-refractivity contribution in [1.29, 1.82) is 0 Å². The van der Waals surface area contributed by atoms with Gasteiger partial charge in [-0.25, -0.2) is 0 Å². The Kier molecular flexibility index (Phi) is 5.52. The molecule has 0 amide bonds. The van der Waals surface area contributed by atoms with Crippen LogP contribution in [0.25, 0.3) is 0 Å². The fraction of sp³-hybridized carbons (Fsp3) is 0.857. The summed E-state index contributed by atoms with van der Waals surface area (Å²) in [7, 11) is 0. The summed E-state index contributed by atoms with van der Waals surface area (Å²) in [5.41, 5.74) is 0.